The Bertz CT molecular complexity index is 1140. The van der Waals surface area contributed by atoms with Crippen molar-refractivity contribution in [2.24, 2.45) is 5.10 Å². The molecular formula is C19H12ClN3O6. The molecule has 0 saturated carbocycles. The lowest BCUT2D eigenvalue weighted by Crippen LogP contribution is -2.17. The number of hydrogen-bond acceptors (Lipinski definition) is 7. The van der Waals surface area contributed by atoms with E-state index in [2.05, 4.69) is 10.5 Å². The minimum Gasteiger partial charge on any atom is -0.455 e. The number of benzene rings is 2. The summed E-state index contributed by atoms with van der Waals surface area (Å²) in [5, 5.41) is 15.3. The van der Waals surface area contributed by atoms with Crippen molar-refractivity contribution in [2.45, 2.75) is 0 Å². The summed E-state index contributed by atoms with van der Waals surface area (Å²) in [6.07, 6.45) is 1.29. The molecule has 4 rings (SSSR count). The van der Waals surface area contributed by atoms with Crippen LogP contribution in [-0.4, -0.2) is 23.8 Å². The first-order valence-electron chi connectivity index (χ1n) is 8.28. The van der Waals surface area contributed by atoms with E-state index in [1.165, 1.54) is 24.4 Å². The summed E-state index contributed by atoms with van der Waals surface area (Å²) in [5.41, 5.74) is 2.83. The molecule has 0 unspecified atom stereocenters. The van der Waals surface area contributed by atoms with Gasteiger partial charge in [-0.1, -0.05) is 11.6 Å². The molecule has 1 aromatic heterocycles. The molecule has 0 bridgehead atoms. The largest absolute Gasteiger partial charge is 0.455 e. The van der Waals surface area contributed by atoms with Crippen molar-refractivity contribution in [3.05, 3.63) is 75.0 Å². The molecule has 29 heavy (non-hydrogen) atoms. The number of carbonyl (C=O) groups excluding carboxylic acids is 1. The van der Waals surface area contributed by atoms with Gasteiger partial charge in [-0.3, -0.25) is 14.9 Å². The van der Waals surface area contributed by atoms with Crippen LogP contribution in [0.15, 0.2) is 58.0 Å². The van der Waals surface area contributed by atoms with Crippen LogP contribution in [0.3, 0.4) is 0 Å². The summed E-state index contributed by atoms with van der Waals surface area (Å²) < 4.78 is 16.0. The van der Waals surface area contributed by atoms with Crippen molar-refractivity contribution in [3.63, 3.8) is 0 Å². The molecule has 10 heteroatoms. The molecular weight excluding hydrogens is 402 g/mol. The van der Waals surface area contributed by atoms with Crippen LogP contribution >= 0.6 is 11.6 Å². The minimum atomic E-state index is -0.539. The SMILES string of the molecule is O=C(NN=Cc1ccc(-c2ccc(Cl)cc2[N+](=O)[O-])o1)c1ccc2c(c1)OCO2. The van der Waals surface area contributed by atoms with Crippen molar-refractivity contribution in [1.82, 2.24) is 5.43 Å². The van der Waals surface area contributed by atoms with Crippen LogP contribution in [0.4, 0.5) is 5.69 Å². The van der Waals surface area contributed by atoms with Gasteiger partial charge in [-0.25, -0.2) is 5.43 Å². The first-order chi connectivity index (χ1) is 14.0. The highest BCUT2D eigenvalue weighted by Gasteiger charge is 2.19. The quantitative estimate of drug-likeness (QED) is 0.384. The van der Waals surface area contributed by atoms with Crippen molar-refractivity contribution < 1.29 is 23.6 Å². The van der Waals surface area contributed by atoms with Gasteiger partial charge in [0.15, 0.2) is 11.5 Å². The van der Waals surface area contributed by atoms with Crippen molar-refractivity contribution in [3.8, 4) is 22.8 Å². The van der Waals surface area contributed by atoms with Gasteiger partial charge >= 0.3 is 0 Å². The summed E-state index contributed by atoms with van der Waals surface area (Å²) in [4.78, 5) is 22.9. The van der Waals surface area contributed by atoms with Gasteiger partial charge < -0.3 is 13.9 Å². The van der Waals surface area contributed by atoms with E-state index in [1.807, 2.05) is 0 Å². The van der Waals surface area contributed by atoms with Gasteiger partial charge in [-0.15, -0.1) is 0 Å². The van der Waals surface area contributed by atoms with Gasteiger partial charge in [0.25, 0.3) is 11.6 Å². The molecule has 0 radical (unpaired) electrons. The highest BCUT2D eigenvalue weighted by Crippen LogP contribution is 2.33. The lowest BCUT2D eigenvalue weighted by Gasteiger charge is -2.01. The second kappa shape index (κ2) is 7.64. The molecule has 1 N–H and O–H groups in total. The number of furan rings is 1. The second-order valence-electron chi connectivity index (χ2n) is 5.89. The maximum absolute atomic E-state index is 12.2. The zero-order valence-corrected chi connectivity index (χ0v) is 15.4. The number of halogens is 1. The average Bonchev–Trinajstić information content (AvgIpc) is 3.36. The Morgan fingerprint density at radius 3 is 2.79 bits per heavy atom. The molecule has 1 aliphatic heterocycles. The Labute approximate surface area is 168 Å². The Balaban J connectivity index is 1.46. The highest BCUT2D eigenvalue weighted by atomic mass is 35.5. The molecule has 1 amide bonds. The van der Waals surface area contributed by atoms with Crippen LogP contribution < -0.4 is 14.9 Å². The fraction of sp³-hybridized carbons (Fsp3) is 0.0526. The number of nitrogens with zero attached hydrogens (tertiary/aromatic N) is 2. The van der Waals surface area contributed by atoms with Gasteiger partial charge in [-0.05, 0) is 42.5 Å². The van der Waals surface area contributed by atoms with Crippen molar-refractivity contribution in [2.75, 3.05) is 6.79 Å². The molecule has 0 aliphatic carbocycles. The molecule has 3 aromatic rings. The van der Waals surface area contributed by atoms with E-state index in [-0.39, 0.29) is 28.8 Å². The summed E-state index contributed by atoms with van der Waals surface area (Å²) in [6.45, 7) is 0.116. The van der Waals surface area contributed by atoms with Crippen molar-refractivity contribution >= 4 is 29.4 Å². The summed E-state index contributed by atoms with van der Waals surface area (Å²) >= 11 is 5.82. The van der Waals surface area contributed by atoms with E-state index in [0.717, 1.165) is 0 Å². The number of ether oxygens (including phenoxy) is 2. The molecule has 0 fully saturated rings. The maximum atomic E-state index is 12.2. The highest BCUT2D eigenvalue weighted by molar-refractivity contribution is 6.30. The van der Waals surface area contributed by atoms with E-state index in [9.17, 15) is 14.9 Å². The number of carbonyl (C=O) groups is 1. The summed E-state index contributed by atoms with van der Waals surface area (Å²) in [6, 6.07) is 12.2. The van der Waals surface area contributed by atoms with Gasteiger partial charge in [0.2, 0.25) is 6.79 Å². The van der Waals surface area contributed by atoms with E-state index in [1.54, 1.807) is 30.3 Å². The van der Waals surface area contributed by atoms with Crippen molar-refractivity contribution in [1.29, 1.82) is 0 Å². The summed E-state index contributed by atoms with van der Waals surface area (Å²) in [5.74, 6) is 1.19. The molecule has 9 nitrogen and oxygen atoms in total. The monoisotopic (exact) mass is 413 g/mol. The van der Waals surface area contributed by atoms with Crippen LogP contribution in [-0.2, 0) is 0 Å². The first-order valence-corrected chi connectivity index (χ1v) is 8.66. The third-order valence-corrected chi connectivity index (χ3v) is 4.28. The summed E-state index contributed by atoms with van der Waals surface area (Å²) in [7, 11) is 0. The standard InChI is InChI=1S/C19H12ClN3O6/c20-12-2-4-14(15(8-12)23(25)26)16-6-3-13(29-16)9-21-22-19(24)11-1-5-17-18(7-11)28-10-27-17/h1-9H,10H2,(H,22,24). The number of hydrazone groups is 1. The zero-order chi connectivity index (χ0) is 20.4. The number of hydrogen-bond donors (Lipinski definition) is 1. The second-order valence-corrected chi connectivity index (χ2v) is 6.32. The lowest BCUT2D eigenvalue weighted by atomic mass is 10.1. The fourth-order valence-corrected chi connectivity index (χ4v) is 2.85. The number of amides is 1. The van der Waals surface area contributed by atoms with Gasteiger partial charge in [0.1, 0.15) is 11.5 Å². The van der Waals surface area contributed by atoms with Crippen LogP contribution in [0.5, 0.6) is 11.5 Å². The number of rotatable bonds is 5. The molecule has 2 aromatic carbocycles. The maximum Gasteiger partial charge on any atom is 0.281 e. The van der Waals surface area contributed by atoms with Gasteiger partial charge in [-0.2, -0.15) is 5.10 Å². The Hall–Kier alpha value is -3.85. The molecule has 0 spiro atoms. The molecule has 1 aliphatic rings. The number of fused-ring (bicyclic) bond motifs is 1. The van der Waals surface area contributed by atoms with Crippen LogP contribution in [0, 0.1) is 10.1 Å². The number of nitro benzene ring substituents is 1. The number of nitro groups is 1. The number of nitrogens with one attached hydrogen (secondary N) is 1. The first kappa shape index (κ1) is 18.5. The predicted molar refractivity (Wildman–Crippen MR) is 103 cm³/mol. The third kappa shape index (κ3) is 3.90. The van der Waals surface area contributed by atoms with Gasteiger partial charge in [0.05, 0.1) is 16.7 Å². The molecule has 2 heterocycles. The van der Waals surface area contributed by atoms with Gasteiger partial charge in [0, 0.05) is 16.7 Å². The third-order valence-electron chi connectivity index (χ3n) is 4.04. The minimum absolute atomic E-state index is 0.116. The topological polar surface area (TPSA) is 116 Å². The Morgan fingerprint density at radius 1 is 1.14 bits per heavy atom. The predicted octanol–water partition coefficient (Wildman–Crippen LogP) is 4.00. The normalized spacial score (nSPS) is 12.3. The van der Waals surface area contributed by atoms with E-state index < -0.39 is 10.8 Å². The smallest absolute Gasteiger partial charge is 0.281 e. The fourth-order valence-electron chi connectivity index (χ4n) is 2.69. The van der Waals surface area contributed by atoms with Crippen LogP contribution in [0.2, 0.25) is 5.02 Å². The molecule has 0 saturated heterocycles. The van der Waals surface area contributed by atoms with E-state index >= 15 is 0 Å². The van der Waals surface area contributed by atoms with Crippen LogP contribution in [0.1, 0.15) is 16.1 Å². The van der Waals surface area contributed by atoms with E-state index in [0.29, 0.717) is 22.8 Å². The zero-order valence-electron chi connectivity index (χ0n) is 14.6. The van der Waals surface area contributed by atoms with E-state index in [4.69, 9.17) is 25.5 Å². The molecule has 0 atom stereocenters. The Morgan fingerprint density at radius 2 is 1.97 bits per heavy atom. The lowest BCUT2D eigenvalue weighted by molar-refractivity contribution is -0.384. The average molecular weight is 414 g/mol. The van der Waals surface area contributed by atoms with Crippen LogP contribution in [0.25, 0.3) is 11.3 Å². The molecule has 146 valence electrons. The Kier molecular flexibility index (Phi) is 4.88.